The van der Waals surface area contributed by atoms with Gasteiger partial charge in [-0.2, -0.15) is 0 Å². The molecule has 2 rings (SSSR count). The Morgan fingerprint density at radius 2 is 2.05 bits per heavy atom. The summed E-state index contributed by atoms with van der Waals surface area (Å²) in [7, 11) is 0. The molecule has 0 aliphatic carbocycles. The predicted molar refractivity (Wildman–Crippen MR) is 93.1 cm³/mol. The van der Waals surface area contributed by atoms with Gasteiger partial charge in [0.15, 0.2) is 0 Å². The first-order valence-electron chi connectivity index (χ1n) is 8.24. The molecule has 21 heavy (non-hydrogen) atoms. The van der Waals surface area contributed by atoms with Gasteiger partial charge in [-0.05, 0) is 32.3 Å². The number of ether oxygens (including phenoxy) is 1. The molecule has 0 aromatic heterocycles. The molecule has 1 aliphatic heterocycles. The second-order valence-electron chi connectivity index (χ2n) is 6.70. The van der Waals surface area contributed by atoms with Crippen molar-refractivity contribution in [3.05, 3.63) is 29.3 Å². The fraction of sp³-hybridized carbons (Fsp3) is 0.667. The molecule has 1 aliphatic rings. The van der Waals surface area contributed by atoms with Crippen molar-refractivity contribution < 1.29 is 4.74 Å². The average Bonchev–Trinajstić information content (AvgIpc) is 2.76. The molecule has 1 aromatic rings. The number of para-hydroxylation sites is 1. The fourth-order valence-corrected chi connectivity index (χ4v) is 3.50. The second kappa shape index (κ2) is 7.06. The third kappa shape index (κ3) is 3.95. The van der Waals surface area contributed by atoms with Crippen molar-refractivity contribution in [2.24, 2.45) is 0 Å². The minimum absolute atomic E-state index is 0.0833. The lowest BCUT2D eigenvalue weighted by Crippen LogP contribution is -2.26. The summed E-state index contributed by atoms with van der Waals surface area (Å²) in [6.07, 6.45) is 5.66. The van der Waals surface area contributed by atoms with E-state index in [0.717, 1.165) is 31.6 Å². The first kappa shape index (κ1) is 16.7. The van der Waals surface area contributed by atoms with E-state index in [-0.39, 0.29) is 5.60 Å². The summed E-state index contributed by atoms with van der Waals surface area (Å²) < 4.78 is 8.45. The number of nitrogens with zero attached hydrogens (tertiary/aromatic N) is 1. The monoisotopic (exact) mass is 307 g/mol. The maximum absolute atomic E-state index is 6.25. The molecule has 0 saturated heterocycles. The molecule has 0 radical (unpaired) electrons. The van der Waals surface area contributed by atoms with Crippen LogP contribution in [0.15, 0.2) is 18.2 Å². The van der Waals surface area contributed by atoms with Crippen LogP contribution in [0.5, 0.6) is 5.75 Å². The molecule has 1 atom stereocenters. The van der Waals surface area contributed by atoms with Crippen LogP contribution in [-0.4, -0.2) is 16.5 Å². The lowest BCUT2D eigenvalue weighted by Gasteiger charge is -2.29. The Balaban J connectivity index is 2.28. The molecule has 3 heteroatoms. The highest BCUT2D eigenvalue weighted by Crippen LogP contribution is 2.43. The van der Waals surface area contributed by atoms with Gasteiger partial charge in [-0.3, -0.25) is 0 Å². The predicted octanol–water partition coefficient (Wildman–Crippen LogP) is 5.19. The van der Waals surface area contributed by atoms with E-state index in [1.807, 2.05) is 0 Å². The molecule has 0 saturated carbocycles. The normalized spacial score (nSPS) is 17.6. The third-order valence-corrected chi connectivity index (χ3v) is 4.62. The minimum Gasteiger partial charge on any atom is -0.487 e. The van der Waals surface area contributed by atoms with E-state index < -0.39 is 0 Å². The maximum Gasteiger partial charge on any atom is 0.128 e. The summed E-state index contributed by atoms with van der Waals surface area (Å²) in [6, 6.07) is 6.93. The summed E-state index contributed by atoms with van der Waals surface area (Å²) in [5.41, 5.74) is 2.57. The first-order valence-corrected chi connectivity index (χ1v) is 8.64. The zero-order chi connectivity index (χ0) is 15.5. The van der Waals surface area contributed by atoms with Gasteiger partial charge in [0.2, 0.25) is 0 Å². The van der Waals surface area contributed by atoms with Crippen molar-refractivity contribution in [1.82, 2.24) is 4.31 Å². The van der Waals surface area contributed by atoms with Crippen LogP contribution in [0.1, 0.15) is 70.5 Å². The summed E-state index contributed by atoms with van der Waals surface area (Å²) >= 11 is 4.77. The number of unbranched alkanes of at least 4 members (excludes halogenated alkanes) is 1. The molecule has 0 bridgehead atoms. The van der Waals surface area contributed by atoms with Crippen LogP contribution in [0, 0.1) is 0 Å². The quantitative estimate of drug-likeness (QED) is 0.696. The maximum atomic E-state index is 6.25. The molecular weight excluding hydrogens is 278 g/mol. The Morgan fingerprint density at radius 1 is 1.29 bits per heavy atom. The van der Waals surface area contributed by atoms with E-state index in [4.69, 9.17) is 17.6 Å². The van der Waals surface area contributed by atoms with Crippen molar-refractivity contribution >= 4 is 12.8 Å². The van der Waals surface area contributed by atoms with E-state index in [1.54, 1.807) is 0 Å². The van der Waals surface area contributed by atoms with Crippen molar-refractivity contribution in [1.29, 1.82) is 0 Å². The molecule has 0 fully saturated rings. The van der Waals surface area contributed by atoms with Gasteiger partial charge in [-0.1, -0.05) is 57.7 Å². The van der Waals surface area contributed by atoms with Gasteiger partial charge in [-0.25, -0.2) is 4.31 Å². The van der Waals surface area contributed by atoms with Crippen LogP contribution in [0.4, 0.5) is 0 Å². The van der Waals surface area contributed by atoms with Crippen LogP contribution >= 0.6 is 12.8 Å². The fourth-order valence-electron chi connectivity index (χ4n) is 3.12. The minimum atomic E-state index is -0.0833. The zero-order valence-electron chi connectivity index (χ0n) is 13.9. The van der Waals surface area contributed by atoms with E-state index in [1.165, 1.54) is 24.0 Å². The van der Waals surface area contributed by atoms with E-state index in [2.05, 4.69) is 50.2 Å². The Kier molecular flexibility index (Phi) is 5.61. The Bertz CT molecular complexity index is 472. The Morgan fingerprint density at radius 3 is 2.71 bits per heavy atom. The Hall–Kier alpha value is -0.670. The van der Waals surface area contributed by atoms with E-state index in [9.17, 15) is 0 Å². The zero-order valence-corrected chi connectivity index (χ0v) is 14.7. The number of benzene rings is 1. The lowest BCUT2D eigenvalue weighted by atomic mass is 9.96. The molecule has 118 valence electrons. The number of fused-ring (bicyclic) bond motifs is 1. The highest BCUT2D eigenvalue weighted by atomic mass is 32.1. The third-order valence-electron chi connectivity index (χ3n) is 4.14. The highest BCUT2D eigenvalue weighted by molar-refractivity contribution is 7.77. The van der Waals surface area contributed by atoms with E-state index >= 15 is 0 Å². The summed E-state index contributed by atoms with van der Waals surface area (Å²) in [4.78, 5) is 0. The van der Waals surface area contributed by atoms with Crippen molar-refractivity contribution in [3.63, 3.8) is 0 Å². The molecule has 0 N–H and O–H groups in total. The molecule has 0 amide bonds. The van der Waals surface area contributed by atoms with Gasteiger partial charge in [-0.15, -0.1) is 0 Å². The molecule has 1 unspecified atom stereocenters. The van der Waals surface area contributed by atoms with Crippen molar-refractivity contribution in [3.8, 4) is 5.75 Å². The number of thiol groups is 1. The smallest absolute Gasteiger partial charge is 0.128 e. The first-order chi connectivity index (χ1) is 9.98. The van der Waals surface area contributed by atoms with Crippen LogP contribution in [0.25, 0.3) is 0 Å². The Labute approximate surface area is 135 Å². The number of rotatable bonds is 7. The van der Waals surface area contributed by atoms with Gasteiger partial charge < -0.3 is 4.74 Å². The molecule has 1 aromatic carbocycles. The van der Waals surface area contributed by atoms with Gasteiger partial charge in [0.1, 0.15) is 11.4 Å². The van der Waals surface area contributed by atoms with Gasteiger partial charge in [0.25, 0.3) is 0 Å². The summed E-state index contributed by atoms with van der Waals surface area (Å²) in [5, 5.41) is 0. The average molecular weight is 308 g/mol. The highest BCUT2D eigenvalue weighted by Gasteiger charge is 2.33. The van der Waals surface area contributed by atoms with Gasteiger partial charge in [0, 0.05) is 24.6 Å². The lowest BCUT2D eigenvalue weighted by molar-refractivity contribution is 0.135. The van der Waals surface area contributed by atoms with Crippen LogP contribution in [0.2, 0.25) is 0 Å². The SMILES string of the molecule is CCCCN(S)C(CCC)c1cccc2c1OC(C)(C)C2. The topological polar surface area (TPSA) is 12.5 Å². The molecule has 1 heterocycles. The van der Waals surface area contributed by atoms with Crippen LogP contribution in [0.3, 0.4) is 0 Å². The van der Waals surface area contributed by atoms with Crippen molar-refractivity contribution in [2.75, 3.05) is 6.54 Å². The van der Waals surface area contributed by atoms with Gasteiger partial charge in [0.05, 0.1) is 0 Å². The largest absolute Gasteiger partial charge is 0.487 e. The van der Waals surface area contributed by atoms with Crippen LogP contribution < -0.4 is 4.74 Å². The number of hydrogen-bond acceptors (Lipinski definition) is 3. The molecule has 2 nitrogen and oxygen atoms in total. The van der Waals surface area contributed by atoms with Crippen LogP contribution in [-0.2, 0) is 6.42 Å². The summed E-state index contributed by atoms with van der Waals surface area (Å²) in [5.74, 6) is 1.11. The van der Waals surface area contributed by atoms with E-state index in [0.29, 0.717) is 6.04 Å². The van der Waals surface area contributed by atoms with Gasteiger partial charge >= 0.3 is 0 Å². The summed E-state index contributed by atoms with van der Waals surface area (Å²) in [6.45, 7) is 9.82. The van der Waals surface area contributed by atoms with Crippen molar-refractivity contribution in [2.45, 2.75) is 71.4 Å². The molecule has 0 spiro atoms. The number of hydrogen-bond donors (Lipinski definition) is 1. The molecular formula is C18H29NOS. The second-order valence-corrected chi connectivity index (χ2v) is 7.21. The standard InChI is InChI=1S/C18H29NOS/c1-5-7-12-19(21)16(9-6-2)15-11-8-10-14-13-18(3,4)20-17(14)15/h8,10-11,16,21H,5-7,9,12-13H2,1-4H3.